The maximum atomic E-state index is 13.1. The molecule has 0 saturated carbocycles. The van der Waals surface area contributed by atoms with E-state index in [-0.39, 0.29) is 11.8 Å². The van der Waals surface area contributed by atoms with Gasteiger partial charge < -0.3 is 10.2 Å². The normalized spacial score (nSPS) is 19.4. The first-order valence-electron chi connectivity index (χ1n) is 12.6. The Hall–Kier alpha value is -2.68. The minimum Gasteiger partial charge on any atom is -0.356 e. The predicted octanol–water partition coefficient (Wildman–Crippen LogP) is 4.60. The van der Waals surface area contributed by atoms with Gasteiger partial charge in [0.25, 0.3) is 0 Å². The summed E-state index contributed by atoms with van der Waals surface area (Å²) in [6.07, 6.45) is 4.65. The summed E-state index contributed by atoms with van der Waals surface area (Å²) in [5, 5.41) is 4.52. The van der Waals surface area contributed by atoms with Gasteiger partial charge in [-0.15, -0.1) is 0 Å². The van der Waals surface area contributed by atoms with E-state index in [9.17, 15) is 13.2 Å². The van der Waals surface area contributed by atoms with Gasteiger partial charge in [-0.05, 0) is 73.7 Å². The molecule has 2 fully saturated rings. The summed E-state index contributed by atoms with van der Waals surface area (Å²) in [7, 11) is -3.48. The zero-order chi connectivity index (χ0) is 25.1. The number of amides is 1. The van der Waals surface area contributed by atoms with Crippen molar-refractivity contribution in [2.75, 3.05) is 31.1 Å². The lowest BCUT2D eigenvalue weighted by Crippen LogP contribution is -2.43. The largest absolute Gasteiger partial charge is 0.356 e. The van der Waals surface area contributed by atoms with Crippen molar-refractivity contribution in [3.8, 4) is 0 Å². The highest BCUT2D eigenvalue weighted by Gasteiger charge is 2.28. The standard InChI is InChI=1S/C27H31ClN4O3S/c28-23-9-6-20(7-10-23)18-29-27(33)22-5-4-14-31(19-22)26-13-8-21-17-24(11-12-25(21)30-26)36(34,35)32-15-2-1-3-16-32/h6-13,17,22H,1-5,14-16,18-19H2,(H,29,33)/t22-/m0/s1. The van der Waals surface area contributed by atoms with Crippen molar-refractivity contribution in [1.82, 2.24) is 14.6 Å². The smallest absolute Gasteiger partial charge is 0.243 e. The van der Waals surface area contributed by atoms with Crippen molar-refractivity contribution in [3.63, 3.8) is 0 Å². The van der Waals surface area contributed by atoms with E-state index < -0.39 is 10.0 Å². The third-order valence-electron chi connectivity index (χ3n) is 7.09. The first kappa shape index (κ1) is 25.0. The number of hydrogen-bond donors (Lipinski definition) is 1. The molecule has 1 amide bonds. The van der Waals surface area contributed by atoms with E-state index >= 15 is 0 Å². The Labute approximate surface area is 217 Å². The van der Waals surface area contributed by atoms with Gasteiger partial charge in [0.2, 0.25) is 15.9 Å². The predicted molar refractivity (Wildman–Crippen MR) is 143 cm³/mol. The van der Waals surface area contributed by atoms with Gasteiger partial charge in [0.1, 0.15) is 5.82 Å². The first-order chi connectivity index (χ1) is 17.4. The van der Waals surface area contributed by atoms with Crippen LogP contribution in [0.15, 0.2) is 59.5 Å². The molecule has 3 aromatic rings. The second-order valence-corrected chi connectivity index (χ2v) is 12.0. The molecule has 2 aromatic carbocycles. The van der Waals surface area contributed by atoms with E-state index in [0.29, 0.717) is 36.1 Å². The highest BCUT2D eigenvalue weighted by molar-refractivity contribution is 7.89. The highest BCUT2D eigenvalue weighted by atomic mass is 35.5. The molecule has 1 aromatic heterocycles. The molecule has 0 spiro atoms. The minimum absolute atomic E-state index is 0.0444. The van der Waals surface area contributed by atoms with Crippen LogP contribution in [0.5, 0.6) is 0 Å². The monoisotopic (exact) mass is 526 g/mol. The third-order valence-corrected chi connectivity index (χ3v) is 9.24. The molecule has 0 aliphatic carbocycles. The molecular formula is C27H31ClN4O3S. The Kier molecular flexibility index (Phi) is 7.46. The molecule has 5 rings (SSSR count). The number of piperidine rings is 2. The van der Waals surface area contributed by atoms with Crippen molar-refractivity contribution < 1.29 is 13.2 Å². The Morgan fingerprint density at radius 2 is 1.75 bits per heavy atom. The van der Waals surface area contributed by atoms with Crippen LogP contribution < -0.4 is 10.2 Å². The molecule has 190 valence electrons. The number of carbonyl (C=O) groups is 1. The quantitative estimate of drug-likeness (QED) is 0.507. The minimum atomic E-state index is -3.48. The second kappa shape index (κ2) is 10.7. The molecule has 9 heteroatoms. The number of anilines is 1. The highest BCUT2D eigenvalue weighted by Crippen LogP contribution is 2.27. The van der Waals surface area contributed by atoms with Crippen molar-refractivity contribution in [2.45, 2.75) is 43.5 Å². The Morgan fingerprint density at radius 1 is 0.972 bits per heavy atom. The Morgan fingerprint density at radius 3 is 2.53 bits per heavy atom. The maximum absolute atomic E-state index is 13.1. The summed E-state index contributed by atoms with van der Waals surface area (Å²) < 4.78 is 27.7. The van der Waals surface area contributed by atoms with E-state index in [1.807, 2.05) is 36.4 Å². The summed E-state index contributed by atoms with van der Waals surface area (Å²) in [5.41, 5.74) is 1.76. The molecular weight excluding hydrogens is 496 g/mol. The SMILES string of the molecule is O=C(NCc1ccc(Cl)cc1)[C@H]1CCCN(c2ccc3cc(S(=O)(=O)N4CCCCC4)ccc3n2)C1. The number of halogens is 1. The number of nitrogens with zero attached hydrogens (tertiary/aromatic N) is 3. The van der Waals surface area contributed by atoms with Crippen molar-refractivity contribution >= 4 is 44.3 Å². The van der Waals surface area contributed by atoms with E-state index in [2.05, 4.69) is 10.2 Å². The molecule has 1 N–H and O–H groups in total. The fourth-order valence-corrected chi connectivity index (χ4v) is 6.70. The van der Waals surface area contributed by atoms with Crippen molar-refractivity contribution in [1.29, 1.82) is 0 Å². The summed E-state index contributed by atoms with van der Waals surface area (Å²) >= 11 is 5.94. The maximum Gasteiger partial charge on any atom is 0.243 e. The van der Waals surface area contributed by atoms with Crippen LogP contribution in [0.4, 0.5) is 5.82 Å². The van der Waals surface area contributed by atoms with Crippen LogP contribution in [-0.4, -0.2) is 49.8 Å². The zero-order valence-electron chi connectivity index (χ0n) is 20.2. The van der Waals surface area contributed by atoms with Crippen LogP contribution in [-0.2, 0) is 21.4 Å². The lowest BCUT2D eigenvalue weighted by Gasteiger charge is -2.33. The number of pyridine rings is 1. The first-order valence-corrected chi connectivity index (χ1v) is 14.4. The van der Waals surface area contributed by atoms with E-state index in [1.165, 1.54) is 0 Å². The van der Waals surface area contributed by atoms with Gasteiger partial charge in [-0.3, -0.25) is 4.79 Å². The molecule has 2 aliphatic rings. The molecule has 7 nitrogen and oxygen atoms in total. The molecule has 2 saturated heterocycles. The van der Waals surface area contributed by atoms with E-state index in [1.54, 1.807) is 22.5 Å². The molecule has 1 atom stereocenters. The van der Waals surface area contributed by atoms with Crippen LogP contribution in [0.25, 0.3) is 10.9 Å². The topological polar surface area (TPSA) is 82.6 Å². The van der Waals surface area contributed by atoms with Gasteiger partial charge in [-0.1, -0.05) is 30.2 Å². The van der Waals surface area contributed by atoms with Gasteiger partial charge in [0.15, 0.2) is 0 Å². The number of hydrogen-bond acceptors (Lipinski definition) is 5. The number of rotatable bonds is 6. The fourth-order valence-electron chi connectivity index (χ4n) is 5.02. The van der Waals surface area contributed by atoms with Gasteiger partial charge in [-0.25, -0.2) is 13.4 Å². The average Bonchev–Trinajstić information content (AvgIpc) is 2.92. The van der Waals surface area contributed by atoms with Crippen LogP contribution >= 0.6 is 11.6 Å². The third kappa shape index (κ3) is 5.51. The van der Waals surface area contributed by atoms with Gasteiger partial charge in [0, 0.05) is 43.1 Å². The molecule has 2 aliphatic heterocycles. The van der Waals surface area contributed by atoms with Gasteiger partial charge >= 0.3 is 0 Å². The summed E-state index contributed by atoms with van der Waals surface area (Å²) in [6.45, 7) is 3.08. The van der Waals surface area contributed by atoms with Crippen molar-refractivity contribution in [3.05, 3.63) is 65.2 Å². The number of nitrogens with one attached hydrogen (secondary N) is 1. The van der Waals surface area contributed by atoms with Crippen LogP contribution in [0, 0.1) is 5.92 Å². The number of aromatic nitrogens is 1. The number of carbonyl (C=O) groups excluding carboxylic acids is 1. The lowest BCUT2D eigenvalue weighted by atomic mass is 9.97. The molecule has 0 bridgehead atoms. The number of fused-ring (bicyclic) bond motifs is 1. The van der Waals surface area contributed by atoms with Gasteiger partial charge in [-0.2, -0.15) is 4.31 Å². The summed E-state index contributed by atoms with van der Waals surface area (Å²) in [6, 6.07) is 16.5. The van der Waals surface area contributed by atoms with E-state index in [0.717, 1.165) is 60.9 Å². The lowest BCUT2D eigenvalue weighted by molar-refractivity contribution is -0.125. The van der Waals surface area contributed by atoms with Crippen molar-refractivity contribution in [2.24, 2.45) is 5.92 Å². The molecule has 0 unspecified atom stereocenters. The summed E-state index contributed by atoms with van der Waals surface area (Å²) in [5.74, 6) is 0.743. The molecule has 0 radical (unpaired) electrons. The molecule has 3 heterocycles. The van der Waals surface area contributed by atoms with E-state index in [4.69, 9.17) is 16.6 Å². The zero-order valence-corrected chi connectivity index (χ0v) is 21.8. The van der Waals surface area contributed by atoms with Crippen LogP contribution in [0.3, 0.4) is 0 Å². The van der Waals surface area contributed by atoms with Gasteiger partial charge in [0.05, 0.1) is 16.3 Å². The van der Waals surface area contributed by atoms with Crippen LogP contribution in [0.2, 0.25) is 5.02 Å². The number of benzene rings is 2. The number of sulfonamides is 1. The second-order valence-electron chi connectivity index (χ2n) is 9.62. The van der Waals surface area contributed by atoms with Crippen LogP contribution in [0.1, 0.15) is 37.7 Å². The Bertz CT molecular complexity index is 1340. The summed E-state index contributed by atoms with van der Waals surface area (Å²) in [4.78, 5) is 20.1. The average molecular weight is 527 g/mol. The Balaban J connectivity index is 1.26. The fraction of sp³-hybridized carbons (Fsp3) is 0.407. The molecule has 36 heavy (non-hydrogen) atoms.